The molecule has 0 bridgehead atoms. The van der Waals surface area contributed by atoms with E-state index >= 15 is 0 Å². The smallest absolute Gasteiger partial charge is 0.338 e. The number of hydrogen-bond acceptors (Lipinski definition) is 7. The van der Waals surface area contributed by atoms with E-state index in [1.165, 1.54) is 30.0 Å². The average Bonchev–Trinajstić information content (AvgIpc) is 3.12. The molecule has 9 heteroatoms. The van der Waals surface area contributed by atoms with Gasteiger partial charge in [0.05, 0.1) is 29.9 Å². The molecule has 3 amide bonds. The third-order valence-electron chi connectivity index (χ3n) is 6.11. The van der Waals surface area contributed by atoms with Crippen LogP contribution in [0.15, 0.2) is 42.5 Å². The Hall–Kier alpha value is -3.72. The van der Waals surface area contributed by atoms with Crippen molar-refractivity contribution >= 4 is 35.1 Å². The molecule has 2 aromatic carbocycles. The van der Waals surface area contributed by atoms with E-state index in [2.05, 4.69) is 10.2 Å². The lowest BCUT2D eigenvalue weighted by atomic mass is 10.1. The molecule has 0 radical (unpaired) electrons. The Kier molecular flexibility index (Phi) is 7.45. The first kappa shape index (κ1) is 24.4. The lowest BCUT2D eigenvalue weighted by Crippen LogP contribution is -2.36. The molecule has 35 heavy (non-hydrogen) atoms. The Balaban J connectivity index is 1.35. The van der Waals surface area contributed by atoms with E-state index in [0.29, 0.717) is 31.9 Å². The number of fused-ring (bicyclic) bond motifs is 1. The van der Waals surface area contributed by atoms with Crippen LogP contribution < -0.4 is 10.2 Å². The first-order valence-electron chi connectivity index (χ1n) is 11.8. The van der Waals surface area contributed by atoms with Crippen LogP contribution in [0.2, 0.25) is 0 Å². The van der Waals surface area contributed by atoms with Crippen molar-refractivity contribution in [1.29, 1.82) is 0 Å². The van der Waals surface area contributed by atoms with Crippen molar-refractivity contribution in [2.45, 2.75) is 32.8 Å². The molecule has 1 unspecified atom stereocenters. The van der Waals surface area contributed by atoms with Crippen LogP contribution in [0.3, 0.4) is 0 Å². The van der Waals surface area contributed by atoms with Crippen LogP contribution in [0.1, 0.15) is 57.8 Å². The minimum atomic E-state index is -1.06. The summed E-state index contributed by atoms with van der Waals surface area (Å²) >= 11 is 0. The van der Waals surface area contributed by atoms with Crippen molar-refractivity contribution in [3.63, 3.8) is 0 Å². The second-order valence-electron chi connectivity index (χ2n) is 8.56. The van der Waals surface area contributed by atoms with Crippen LogP contribution in [0.5, 0.6) is 0 Å². The topological polar surface area (TPSA) is 105 Å². The predicted molar refractivity (Wildman–Crippen MR) is 130 cm³/mol. The third kappa shape index (κ3) is 5.35. The zero-order chi connectivity index (χ0) is 24.9. The molecule has 9 nitrogen and oxygen atoms in total. The van der Waals surface area contributed by atoms with Gasteiger partial charge in [0.25, 0.3) is 17.7 Å². The number of ether oxygens (including phenoxy) is 2. The number of nitrogens with zero attached hydrogens (tertiary/aromatic N) is 2. The number of carbonyl (C=O) groups excluding carboxylic acids is 4. The minimum absolute atomic E-state index is 0.108. The fourth-order valence-electron chi connectivity index (χ4n) is 4.04. The highest BCUT2D eigenvalue weighted by atomic mass is 16.5. The Morgan fingerprint density at radius 1 is 1.03 bits per heavy atom. The number of hydrogen-bond donors (Lipinski definition) is 1. The Labute approximate surface area is 204 Å². The van der Waals surface area contributed by atoms with Crippen LogP contribution in [0, 0.1) is 0 Å². The highest BCUT2D eigenvalue weighted by Crippen LogP contribution is 2.25. The van der Waals surface area contributed by atoms with Crippen molar-refractivity contribution in [3.05, 3.63) is 59.2 Å². The van der Waals surface area contributed by atoms with Crippen molar-refractivity contribution in [1.82, 2.24) is 4.90 Å². The molecule has 184 valence electrons. The number of esters is 1. The second-order valence-corrected chi connectivity index (χ2v) is 8.56. The summed E-state index contributed by atoms with van der Waals surface area (Å²) < 4.78 is 10.7. The summed E-state index contributed by atoms with van der Waals surface area (Å²) in [6, 6.07) is 11.7. The van der Waals surface area contributed by atoms with E-state index in [4.69, 9.17) is 9.47 Å². The standard InChI is InChI=1S/C26H29N3O6/c1-3-4-11-29-24(31)21-10-5-18(16-22(21)25(29)32)26(33)35-17(2)23(30)27-19-6-8-20(9-7-19)28-12-14-34-15-13-28/h5-10,16-17H,3-4,11-15H2,1-2H3,(H,27,30). The highest BCUT2D eigenvalue weighted by molar-refractivity contribution is 6.22. The number of benzene rings is 2. The van der Waals surface area contributed by atoms with E-state index in [9.17, 15) is 19.2 Å². The van der Waals surface area contributed by atoms with Gasteiger partial charge < -0.3 is 19.7 Å². The van der Waals surface area contributed by atoms with Crippen molar-refractivity contribution in [2.24, 2.45) is 0 Å². The van der Waals surface area contributed by atoms with E-state index in [1.54, 1.807) is 12.1 Å². The number of nitrogens with one attached hydrogen (secondary N) is 1. The molecule has 1 fully saturated rings. The van der Waals surface area contributed by atoms with Gasteiger partial charge in [0.2, 0.25) is 0 Å². The minimum Gasteiger partial charge on any atom is -0.449 e. The first-order chi connectivity index (χ1) is 16.9. The average molecular weight is 480 g/mol. The van der Waals surface area contributed by atoms with Gasteiger partial charge >= 0.3 is 5.97 Å². The molecular weight excluding hydrogens is 450 g/mol. The fourth-order valence-corrected chi connectivity index (χ4v) is 4.04. The molecule has 0 aromatic heterocycles. The van der Waals surface area contributed by atoms with E-state index in [0.717, 1.165) is 25.2 Å². The molecule has 2 aliphatic rings. The molecule has 0 saturated carbocycles. The van der Waals surface area contributed by atoms with E-state index in [-0.39, 0.29) is 22.6 Å². The van der Waals surface area contributed by atoms with Gasteiger partial charge in [0.15, 0.2) is 6.10 Å². The van der Waals surface area contributed by atoms with Gasteiger partial charge in [0.1, 0.15) is 0 Å². The van der Waals surface area contributed by atoms with Crippen LogP contribution in [-0.4, -0.2) is 67.5 Å². The number of rotatable bonds is 8. The third-order valence-corrected chi connectivity index (χ3v) is 6.11. The summed E-state index contributed by atoms with van der Waals surface area (Å²) in [6.45, 7) is 6.80. The zero-order valence-corrected chi connectivity index (χ0v) is 19.9. The molecular formula is C26H29N3O6. The second kappa shape index (κ2) is 10.7. The van der Waals surface area contributed by atoms with Crippen LogP contribution in [-0.2, 0) is 14.3 Å². The van der Waals surface area contributed by atoms with Crippen LogP contribution in [0.25, 0.3) is 0 Å². The lowest BCUT2D eigenvalue weighted by molar-refractivity contribution is -0.123. The molecule has 1 atom stereocenters. The molecule has 2 aromatic rings. The number of morpholine rings is 1. The Morgan fingerprint density at radius 3 is 2.40 bits per heavy atom. The van der Waals surface area contributed by atoms with E-state index < -0.39 is 23.9 Å². The molecule has 4 rings (SSSR count). The Bertz CT molecular complexity index is 1120. The molecule has 1 saturated heterocycles. The quantitative estimate of drug-likeness (QED) is 0.458. The number of anilines is 2. The van der Waals surface area contributed by atoms with E-state index in [1.807, 2.05) is 19.1 Å². The van der Waals surface area contributed by atoms with Crippen molar-refractivity contribution < 1.29 is 28.7 Å². The highest BCUT2D eigenvalue weighted by Gasteiger charge is 2.35. The van der Waals surface area contributed by atoms with Gasteiger partial charge in [0, 0.05) is 31.0 Å². The van der Waals surface area contributed by atoms with Gasteiger partial charge in [-0.15, -0.1) is 0 Å². The first-order valence-corrected chi connectivity index (χ1v) is 11.8. The summed E-state index contributed by atoms with van der Waals surface area (Å²) in [7, 11) is 0. The summed E-state index contributed by atoms with van der Waals surface area (Å²) in [5.74, 6) is -1.99. The number of imide groups is 1. The number of carbonyl (C=O) groups is 4. The van der Waals surface area contributed by atoms with Crippen LogP contribution >= 0.6 is 0 Å². The predicted octanol–water partition coefficient (Wildman–Crippen LogP) is 3.10. The summed E-state index contributed by atoms with van der Waals surface area (Å²) in [6.07, 6.45) is 0.499. The zero-order valence-electron chi connectivity index (χ0n) is 19.9. The summed E-state index contributed by atoms with van der Waals surface area (Å²) in [5, 5.41) is 2.74. The fraction of sp³-hybridized carbons (Fsp3) is 0.385. The molecule has 0 aliphatic carbocycles. The molecule has 1 N–H and O–H groups in total. The number of amides is 3. The van der Waals surface area contributed by atoms with Crippen molar-refractivity contribution in [3.8, 4) is 0 Å². The molecule has 0 spiro atoms. The summed E-state index contributed by atoms with van der Waals surface area (Å²) in [4.78, 5) is 53.7. The largest absolute Gasteiger partial charge is 0.449 e. The van der Waals surface area contributed by atoms with Gasteiger partial charge in [-0.2, -0.15) is 0 Å². The SMILES string of the molecule is CCCCN1C(=O)c2ccc(C(=O)OC(C)C(=O)Nc3ccc(N4CCOCC4)cc3)cc2C1=O. The lowest BCUT2D eigenvalue weighted by Gasteiger charge is -2.28. The molecule has 2 heterocycles. The monoisotopic (exact) mass is 479 g/mol. The maximum absolute atomic E-state index is 12.6. The molecule has 2 aliphatic heterocycles. The maximum Gasteiger partial charge on any atom is 0.338 e. The maximum atomic E-state index is 12.6. The van der Waals surface area contributed by atoms with Crippen LogP contribution in [0.4, 0.5) is 11.4 Å². The van der Waals surface area contributed by atoms with Gasteiger partial charge in [-0.3, -0.25) is 19.3 Å². The number of unbranched alkanes of at least 4 members (excludes halogenated alkanes) is 1. The normalized spacial score (nSPS) is 16.2. The summed E-state index contributed by atoms with van der Waals surface area (Å²) in [5.41, 5.74) is 2.19. The van der Waals surface area contributed by atoms with Gasteiger partial charge in [-0.25, -0.2) is 4.79 Å². The van der Waals surface area contributed by atoms with Crippen molar-refractivity contribution in [2.75, 3.05) is 43.1 Å². The van der Waals surface area contributed by atoms with Gasteiger partial charge in [-0.1, -0.05) is 13.3 Å². The Morgan fingerprint density at radius 2 is 1.71 bits per heavy atom. The van der Waals surface area contributed by atoms with Gasteiger partial charge in [-0.05, 0) is 55.8 Å².